The van der Waals surface area contributed by atoms with Gasteiger partial charge in [0.25, 0.3) is 0 Å². The van der Waals surface area contributed by atoms with E-state index in [-0.39, 0.29) is 10.9 Å². The highest BCUT2D eigenvalue weighted by atomic mass is 16.8. The van der Waals surface area contributed by atoms with E-state index in [1.165, 1.54) is 18.5 Å². The molecule has 0 fully saturated rings. The van der Waals surface area contributed by atoms with Gasteiger partial charge in [0.15, 0.2) is 0 Å². The maximum atomic E-state index is 11.2. The van der Waals surface area contributed by atoms with Crippen LogP contribution in [0, 0.1) is 5.21 Å². The molecular weight excluding hydrogens is 276 g/mol. The van der Waals surface area contributed by atoms with Gasteiger partial charge < -0.3 is 20.5 Å². The van der Waals surface area contributed by atoms with Crippen molar-refractivity contribution < 1.29 is 15.1 Å². The number of hydrogen-bond acceptors (Lipinski definition) is 6. The molecule has 1 aliphatic rings. The first-order chi connectivity index (χ1) is 10.1. The highest BCUT2D eigenvalue weighted by molar-refractivity contribution is 5.74. The number of anilines is 1. The molecule has 1 aromatic carbocycles. The molecule has 1 aliphatic heterocycles. The quantitative estimate of drug-likeness (QED) is 0.616. The van der Waals surface area contributed by atoms with Gasteiger partial charge in [-0.15, -0.1) is 0 Å². The summed E-state index contributed by atoms with van der Waals surface area (Å²) in [6.45, 7) is 0. The Kier molecular flexibility index (Phi) is 3.34. The smallest absolute Gasteiger partial charge is 0.321 e. The normalized spacial score (nSPS) is 20.9. The first-order valence-electron chi connectivity index (χ1n) is 6.33. The molecule has 1 aromatic heterocycles. The Hall–Kier alpha value is -2.42. The van der Waals surface area contributed by atoms with Gasteiger partial charge in [-0.05, 0) is 17.7 Å². The Balaban J connectivity index is 2.01. The molecule has 0 aliphatic carbocycles. The fraction of sp³-hybridized carbons (Fsp3) is 0.231. The van der Waals surface area contributed by atoms with Crippen LogP contribution in [0.3, 0.4) is 0 Å². The summed E-state index contributed by atoms with van der Waals surface area (Å²) in [4.78, 5) is 18.4. The number of aliphatic carboxylic acids is 1. The lowest BCUT2D eigenvalue weighted by Gasteiger charge is -2.29. The number of carbonyl (C=O) groups is 1. The Bertz CT molecular complexity index is 670. The van der Waals surface area contributed by atoms with E-state index in [0.717, 1.165) is 5.69 Å². The summed E-state index contributed by atoms with van der Waals surface area (Å²) >= 11 is 0. The third kappa shape index (κ3) is 2.47. The van der Waals surface area contributed by atoms with Crippen molar-refractivity contribution in [3.05, 3.63) is 52.8 Å². The monoisotopic (exact) mass is 289 g/mol. The molecule has 2 unspecified atom stereocenters. The van der Waals surface area contributed by atoms with Crippen LogP contribution in [0.1, 0.15) is 23.0 Å². The van der Waals surface area contributed by atoms with E-state index in [4.69, 9.17) is 5.21 Å². The number of aromatic amines is 1. The number of carboxylic acids is 1. The minimum atomic E-state index is -0.955. The molecule has 8 heteroatoms. The Morgan fingerprint density at radius 3 is 3.00 bits per heavy atom. The summed E-state index contributed by atoms with van der Waals surface area (Å²) in [5.74, 6) is -0.955. The van der Waals surface area contributed by atoms with E-state index in [1.54, 1.807) is 12.1 Å². The standard InChI is InChI=1S/C13H13N4O4/c18-13(19)10-5-9-12(15-6-14-9)11(16-10)7-2-1-3-8(4-7)17(20)21/h1-4,6,10-11,16,20H,5H2,(H,14,15)(H,18,19)/q-1. The average molecular weight is 289 g/mol. The fourth-order valence-corrected chi connectivity index (χ4v) is 2.52. The number of aromatic nitrogens is 2. The first kappa shape index (κ1) is 13.6. The zero-order valence-electron chi connectivity index (χ0n) is 10.9. The van der Waals surface area contributed by atoms with Gasteiger partial charge in [-0.1, -0.05) is 12.1 Å². The zero-order valence-corrected chi connectivity index (χ0v) is 10.9. The average Bonchev–Trinajstić information content (AvgIpc) is 2.94. The zero-order chi connectivity index (χ0) is 15.0. The van der Waals surface area contributed by atoms with Crippen molar-refractivity contribution in [2.24, 2.45) is 0 Å². The van der Waals surface area contributed by atoms with Crippen molar-refractivity contribution in [1.82, 2.24) is 15.3 Å². The summed E-state index contributed by atoms with van der Waals surface area (Å²) in [6, 6.07) is 5.11. The van der Waals surface area contributed by atoms with E-state index in [9.17, 15) is 15.1 Å². The first-order valence-corrected chi connectivity index (χ1v) is 6.33. The molecule has 0 spiro atoms. The molecular formula is C13H13N4O4-. The van der Waals surface area contributed by atoms with Gasteiger partial charge in [0.2, 0.25) is 0 Å². The third-order valence-corrected chi connectivity index (χ3v) is 3.52. The SMILES string of the molecule is O=C(O)C1Cc2[nH]cnc2C(c2cccc(N([O-])O)c2)N1. The predicted octanol–water partition coefficient (Wildman–Crippen LogP) is 0.791. The molecule has 8 nitrogen and oxygen atoms in total. The van der Waals surface area contributed by atoms with Gasteiger partial charge >= 0.3 is 5.97 Å². The van der Waals surface area contributed by atoms with Crippen LogP contribution < -0.4 is 10.5 Å². The largest absolute Gasteiger partial charge is 0.733 e. The van der Waals surface area contributed by atoms with Gasteiger partial charge in [-0.2, -0.15) is 0 Å². The second kappa shape index (κ2) is 5.17. The Morgan fingerprint density at radius 2 is 2.29 bits per heavy atom. The molecule has 4 N–H and O–H groups in total. The number of nitrogens with zero attached hydrogens (tertiary/aromatic N) is 2. The van der Waals surface area contributed by atoms with Crippen LogP contribution in [-0.2, 0) is 11.2 Å². The molecule has 0 radical (unpaired) electrons. The van der Waals surface area contributed by atoms with E-state index < -0.39 is 18.1 Å². The maximum Gasteiger partial charge on any atom is 0.321 e. The van der Waals surface area contributed by atoms with Crippen LogP contribution in [-0.4, -0.2) is 32.3 Å². The van der Waals surface area contributed by atoms with Gasteiger partial charge in [0, 0.05) is 12.1 Å². The van der Waals surface area contributed by atoms with Gasteiger partial charge in [0.05, 0.1) is 23.8 Å². The maximum absolute atomic E-state index is 11.2. The number of fused-ring (bicyclic) bond motifs is 1. The van der Waals surface area contributed by atoms with E-state index in [0.29, 0.717) is 17.7 Å². The second-order valence-corrected chi connectivity index (χ2v) is 4.83. The number of imidazole rings is 1. The molecule has 2 atom stereocenters. The molecule has 21 heavy (non-hydrogen) atoms. The molecule has 0 saturated heterocycles. The highest BCUT2D eigenvalue weighted by Gasteiger charge is 2.33. The summed E-state index contributed by atoms with van der Waals surface area (Å²) < 4.78 is 0. The van der Waals surface area contributed by atoms with Crippen LogP contribution in [0.2, 0.25) is 0 Å². The number of carboxylic acid groups (broad SMARTS) is 1. The molecule has 2 aromatic rings. The summed E-state index contributed by atoms with van der Waals surface area (Å²) in [7, 11) is 0. The van der Waals surface area contributed by atoms with E-state index in [2.05, 4.69) is 15.3 Å². The second-order valence-electron chi connectivity index (χ2n) is 4.83. The van der Waals surface area contributed by atoms with E-state index >= 15 is 0 Å². The summed E-state index contributed by atoms with van der Waals surface area (Å²) in [5, 5.41) is 31.9. The minimum Gasteiger partial charge on any atom is -0.733 e. The van der Waals surface area contributed by atoms with Crippen LogP contribution in [0.4, 0.5) is 5.69 Å². The summed E-state index contributed by atoms with van der Waals surface area (Å²) in [6.07, 6.45) is 1.83. The summed E-state index contributed by atoms with van der Waals surface area (Å²) in [5.41, 5.74) is 2.17. The lowest BCUT2D eigenvalue weighted by molar-refractivity contribution is -0.139. The van der Waals surface area contributed by atoms with Crippen molar-refractivity contribution >= 4 is 11.7 Å². The molecule has 0 amide bonds. The molecule has 3 rings (SSSR count). The number of H-pyrrole nitrogens is 1. The van der Waals surface area contributed by atoms with Crippen LogP contribution >= 0.6 is 0 Å². The topological polar surface area (TPSA) is 125 Å². The Morgan fingerprint density at radius 1 is 1.48 bits per heavy atom. The molecule has 110 valence electrons. The molecule has 2 heterocycles. The number of nitrogens with one attached hydrogen (secondary N) is 2. The third-order valence-electron chi connectivity index (χ3n) is 3.52. The number of rotatable bonds is 3. The van der Waals surface area contributed by atoms with Gasteiger partial charge in [-0.3, -0.25) is 15.3 Å². The fourth-order valence-electron chi connectivity index (χ4n) is 2.52. The van der Waals surface area contributed by atoms with Crippen LogP contribution in [0.15, 0.2) is 30.6 Å². The number of benzene rings is 1. The van der Waals surface area contributed by atoms with Crippen molar-refractivity contribution in [1.29, 1.82) is 0 Å². The van der Waals surface area contributed by atoms with Gasteiger partial charge in [0.1, 0.15) is 6.04 Å². The van der Waals surface area contributed by atoms with Crippen LogP contribution in [0.25, 0.3) is 0 Å². The van der Waals surface area contributed by atoms with E-state index in [1.807, 2.05) is 0 Å². The van der Waals surface area contributed by atoms with Crippen molar-refractivity contribution in [2.45, 2.75) is 18.5 Å². The lowest BCUT2D eigenvalue weighted by Crippen LogP contribution is -2.45. The molecule has 0 saturated carbocycles. The predicted molar refractivity (Wildman–Crippen MR) is 72.8 cm³/mol. The van der Waals surface area contributed by atoms with Gasteiger partial charge in [-0.25, -0.2) is 4.98 Å². The van der Waals surface area contributed by atoms with Crippen LogP contribution in [0.5, 0.6) is 0 Å². The van der Waals surface area contributed by atoms with Crippen molar-refractivity contribution in [3.8, 4) is 0 Å². The number of hydrogen-bond donors (Lipinski definition) is 4. The molecule has 0 bridgehead atoms. The Labute approximate surface area is 119 Å². The highest BCUT2D eigenvalue weighted by Crippen LogP contribution is 2.30. The minimum absolute atomic E-state index is 0.0730. The van der Waals surface area contributed by atoms with Crippen molar-refractivity contribution in [3.63, 3.8) is 0 Å². The van der Waals surface area contributed by atoms with Crippen molar-refractivity contribution in [2.75, 3.05) is 5.23 Å². The lowest BCUT2D eigenvalue weighted by atomic mass is 9.94.